The van der Waals surface area contributed by atoms with Crippen LogP contribution in [-0.2, 0) is 23.1 Å². The van der Waals surface area contributed by atoms with Crippen molar-refractivity contribution in [3.63, 3.8) is 0 Å². The number of aromatic nitrogens is 2. The zero-order chi connectivity index (χ0) is 29.1. The van der Waals surface area contributed by atoms with Crippen LogP contribution in [0.4, 0.5) is 0 Å². The van der Waals surface area contributed by atoms with Crippen molar-refractivity contribution >= 4 is 7.82 Å². The van der Waals surface area contributed by atoms with Gasteiger partial charge in [-0.25, -0.2) is 9.36 Å². The maximum Gasteiger partial charge on any atom is 0.472 e. The number of aliphatic hydroxyl groups is 1. The Morgan fingerprint density at radius 2 is 1.45 bits per heavy atom. The molecule has 0 bridgehead atoms. The van der Waals surface area contributed by atoms with E-state index in [-0.39, 0.29) is 12.4 Å². The lowest BCUT2D eigenvalue weighted by Gasteiger charge is -2.18. The van der Waals surface area contributed by atoms with Gasteiger partial charge >= 0.3 is 13.5 Å². The Kier molecular flexibility index (Phi) is 17.4. The largest absolute Gasteiger partial charge is 0.472 e. The Bertz CT molecular complexity index is 1010. The molecular weight excluding hydrogens is 539 g/mol. The van der Waals surface area contributed by atoms with Gasteiger partial charge in [-0.2, -0.15) is 0 Å². The summed E-state index contributed by atoms with van der Waals surface area (Å²) in [6, 6.07) is 1.12. The second-order valence-corrected chi connectivity index (χ2v) is 11.7. The van der Waals surface area contributed by atoms with E-state index in [2.05, 4.69) is 11.9 Å². The predicted molar refractivity (Wildman–Crippen MR) is 153 cm³/mol. The van der Waals surface area contributed by atoms with Gasteiger partial charge in [-0.15, -0.1) is 0 Å². The van der Waals surface area contributed by atoms with Crippen LogP contribution in [0.1, 0.15) is 109 Å². The number of phosphoric acid groups is 1. The summed E-state index contributed by atoms with van der Waals surface area (Å²) >= 11 is 0. The normalized spacial score (nSPS) is 18.4. The number of rotatable bonds is 24. The van der Waals surface area contributed by atoms with Gasteiger partial charge in [0.15, 0.2) is 0 Å². The molecule has 0 saturated carbocycles. The standard InChI is InChI=1S/C28H49N2O9P/c1-2-3-4-5-6-7-8-9-10-11-12-13-14-15-19-36-20-16-21-37-40(34,35)38-23-24-22-25(31)27(39-24)30-18-17-26(32)29-28(30)33/h17-18,22,25,27,31H,2-16,19-21,23H2,1H3,(H,34,35)(H,29,32,33). The first-order valence-electron chi connectivity index (χ1n) is 14.9. The molecule has 1 aliphatic heterocycles. The molecular formula is C28H49N2O9P. The van der Waals surface area contributed by atoms with Gasteiger partial charge in [-0.1, -0.05) is 90.4 Å². The van der Waals surface area contributed by atoms with E-state index in [0.29, 0.717) is 19.6 Å². The molecule has 0 aliphatic carbocycles. The minimum Gasteiger partial charge on any atom is -0.469 e. The highest BCUT2D eigenvalue weighted by atomic mass is 31.2. The average molecular weight is 589 g/mol. The summed E-state index contributed by atoms with van der Waals surface area (Å²) in [4.78, 5) is 35.0. The molecule has 40 heavy (non-hydrogen) atoms. The Balaban J connectivity index is 1.41. The minimum absolute atomic E-state index is 0.00948. The Morgan fingerprint density at radius 3 is 2.05 bits per heavy atom. The van der Waals surface area contributed by atoms with Crippen LogP contribution in [0, 0.1) is 0 Å². The van der Waals surface area contributed by atoms with E-state index in [1.165, 1.54) is 89.3 Å². The van der Waals surface area contributed by atoms with Crippen molar-refractivity contribution in [3.8, 4) is 0 Å². The molecule has 1 aliphatic rings. The number of phosphoric ester groups is 1. The summed E-state index contributed by atoms with van der Waals surface area (Å²) in [6.07, 6.45) is 18.9. The SMILES string of the molecule is CCCCCCCCCCCCCCCCOCCCOP(=O)(O)OCC1=CC(O)C(n2ccc(=O)[nH]c2=O)O1. The number of aliphatic hydroxyl groups excluding tert-OH is 1. The molecule has 0 aromatic carbocycles. The molecule has 3 atom stereocenters. The molecule has 0 amide bonds. The van der Waals surface area contributed by atoms with E-state index in [4.69, 9.17) is 18.5 Å². The summed E-state index contributed by atoms with van der Waals surface area (Å²) < 4.78 is 34.0. The van der Waals surface area contributed by atoms with Crippen molar-refractivity contribution < 1.29 is 33.1 Å². The zero-order valence-corrected chi connectivity index (χ0v) is 24.9. The molecule has 2 rings (SSSR count). The highest BCUT2D eigenvalue weighted by Crippen LogP contribution is 2.44. The fourth-order valence-corrected chi connectivity index (χ4v) is 5.22. The van der Waals surface area contributed by atoms with Crippen molar-refractivity contribution in [1.29, 1.82) is 0 Å². The molecule has 0 fully saturated rings. The zero-order valence-electron chi connectivity index (χ0n) is 24.0. The first kappa shape index (κ1) is 34.5. The van der Waals surface area contributed by atoms with E-state index in [1.54, 1.807) is 0 Å². The summed E-state index contributed by atoms with van der Waals surface area (Å²) in [5.41, 5.74) is -1.33. The van der Waals surface area contributed by atoms with E-state index < -0.39 is 38.0 Å². The predicted octanol–water partition coefficient (Wildman–Crippen LogP) is 5.33. The first-order chi connectivity index (χ1) is 19.3. The minimum atomic E-state index is -4.34. The fraction of sp³-hybridized carbons (Fsp3) is 0.786. The number of aromatic amines is 1. The lowest BCUT2D eigenvalue weighted by atomic mass is 10.0. The van der Waals surface area contributed by atoms with Crippen LogP contribution in [-0.4, -0.2) is 52.1 Å². The molecule has 3 unspecified atom stereocenters. The van der Waals surface area contributed by atoms with Gasteiger partial charge in [-0.3, -0.25) is 23.4 Å². The first-order valence-corrected chi connectivity index (χ1v) is 16.4. The van der Waals surface area contributed by atoms with Crippen molar-refractivity contribution in [2.75, 3.05) is 26.4 Å². The number of H-pyrrole nitrogens is 1. The van der Waals surface area contributed by atoms with Gasteiger partial charge in [0.1, 0.15) is 18.5 Å². The van der Waals surface area contributed by atoms with Crippen LogP contribution in [0.25, 0.3) is 0 Å². The van der Waals surface area contributed by atoms with Crippen molar-refractivity contribution in [2.45, 2.75) is 116 Å². The molecule has 0 spiro atoms. The number of hydrogen-bond donors (Lipinski definition) is 3. The van der Waals surface area contributed by atoms with Crippen LogP contribution >= 0.6 is 7.82 Å². The fourth-order valence-electron chi connectivity index (χ4n) is 4.49. The highest BCUT2D eigenvalue weighted by Gasteiger charge is 2.31. The molecule has 3 N–H and O–H groups in total. The number of nitrogens with zero attached hydrogens (tertiary/aromatic N) is 1. The molecule has 230 valence electrons. The van der Waals surface area contributed by atoms with Gasteiger partial charge in [0.2, 0.25) is 6.23 Å². The Hall–Kier alpha value is -1.75. The van der Waals surface area contributed by atoms with E-state index in [0.717, 1.165) is 23.5 Å². The van der Waals surface area contributed by atoms with Crippen LogP contribution in [0.15, 0.2) is 33.7 Å². The topological polar surface area (TPSA) is 149 Å². The van der Waals surface area contributed by atoms with Crippen LogP contribution in [0.3, 0.4) is 0 Å². The van der Waals surface area contributed by atoms with Gasteiger partial charge < -0.3 is 19.5 Å². The Morgan fingerprint density at radius 1 is 0.875 bits per heavy atom. The molecule has 2 heterocycles. The second-order valence-electron chi connectivity index (χ2n) is 10.3. The van der Waals surface area contributed by atoms with Crippen LogP contribution < -0.4 is 11.2 Å². The lowest BCUT2D eigenvalue weighted by Crippen LogP contribution is -2.35. The van der Waals surface area contributed by atoms with Crippen LogP contribution in [0.5, 0.6) is 0 Å². The number of ether oxygens (including phenoxy) is 2. The van der Waals surface area contributed by atoms with Gasteiger partial charge in [0.05, 0.1) is 6.61 Å². The molecule has 0 radical (unpaired) electrons. The summed E-state index contributed by atoms with van der Waals surface area (Å²) in [7, 11) is -4.34. The van der Waals surface area contributed by atoms with Crippen molar-refractivity contribution in [1.82, 2.24) is 9.55 Å². The van der Waals surface area contributed by atoms with Gasteiger partial charge in [0.25, 0.3) is 5.56 Å². The average Bonchev–Trinajstić information content (AvgIpc) is 3.29. The molecule has 11 nitrogen and oxygen atoms in total. The smallest absolute Gasteiger partial charge is 0.469 e. The molecule has 1 aromatic rings. The van der Waals surface area contributed by atoms with Gasteiger partial charge in [0, 0.05) is 25.5 Å². The molecule has 1 aromatic heterocycles. The third-order valence-electron chi connectivity index (χ3n) is 6.75. The lowest BCUT2D eigenvalue weighted by molar-refractivity contribution is -0.0111. The van der Waals surface area contributed by atoms with Crippen LogP contribution in [0.2, 0.25) is 0 Å². The summed E-state index contributed by atoms with van der Waals surface area (Å²) in [5.74, 6) is 0.0602. The third kappa shape index (κ3) is 14.8. The van der Waals surface area contributed by atoms with Crippen molar-refractivity contribution in [2.24, 2.45) is 0 Å². The number of hydrogen-bond acceptors (Lipinski definition) is 8. The van der Waals surface area contributed by atoms with E-state index >= 15 is 0 Å². The Labute approximate surface area is 237 Å². The summed E-state index contributed by atoms with van der Waals surface area (Å²) in [5, 5.41) is 10.1. The third-order valence-corrected chi connectivity index (χ3v) is 7.71. The van der Waals surface area contributed by atoms with E-state index in [1.807, 2.05) is 0 Å². The van der Waals surface area contributed by atoms with E-state index in [9.17, 15) is 24.2 Å². The summed E-state index contributed by atoms with van der Waals surface area (Å²) in [6.45, 7) is 2.90. The number of nitrogens with one attached hydrogen (secondary N) is 1. The van der Waals surface area contributed by atoms with Crippen molar-refractivity contribution in [3.05, 3.63) is 44.9 Å². The molecule has 0 saturated heterocycles. The maximum absolute atomic E-state index is 12.1. The van der Waals surface area contributed by atoms with Gasteiger partial charge in [-0.05, 0) is 18.9 Å². The monoisotopic (exact) mass is 588 g/mol. The second kappa shape index (κ2) is 20.2. The highest BCUT2D eigenvalue weighted by molar-refractivity contribution is 7.47. The molecule has 12 heteroatoms. The number of unbranched alkanes of at least 4 members (excludes halogenated alkanes) is 13. The quantitative estimate of drug-likeness (QED) is 0.108. The maximum atomic E-state index is 12.1.